The minimum atomic E-state index is -0.287. The van der Waals surface area contributed by atoms with Gasteiger partial charge in [0.2, 0.25) is 0 Å². The number of ether oxygens (including phenoxy) is 1. The van der Waals surface area contributed by atoms with Crippen LogP contribution >= 0.6 is 0 Å². The molecule has 21 heavy (non-hydrogen) atoms. The first-order valence-electron chi connectivity index (χ1n) is 7.52. The van der Waals surface area contributed by atoms with Crippen molar-refractivity contribution >= 4 is 22.4 Å². The molecule has 2 N–H and O–H groups in total. The summed E-state index contributed by atoms with van der Waals surface area (Å²) in [5, 5.41) is 4.33. The van der Waals surface area contributed by atoms with E-state index in [0.717, 1.165) is 24.2 Å². The Balaban J connectivity index is 0.000000774. The Labute approximate surface area is 125 Å². The van der Waals surface area contributed by atoms with E-state index in [-0.39, 0.29) is 5.97 Å². The molecule has 0 aliphatic carbocycles. The Hall–Kier alpha value is -2.23. The lowest BCUT2D eigenvalue weighted by Crippen LogP contribution is -2.11. The maximum atomic E-state index is 12.0. The predicted octanol–water partition coefficient (Wildman–Crippen LogP) is 3.24. The van der Waals surface area contributed by atoms with Gasteiger partial charge in [-0.1, -0.05) is 32.0 Å². The van der Waals surface area contributed by atoms with Crippen LogP contribution in [0.4, 0.5) is 0 Å². The van der Waals surface area contributed by atoms with Gasteiger partial charge in [0.15, 0.2) is 0 Å². The molecule has 2 aromatic rings. The molecule has 3 rings (SSSR count). The number of benzene rings is 1. The second-order valence-electron chi connectivity index (χ2n) is 4.51. The molecule has 112 valence electrons. The maximum absolute atomic E-state index is 12.0. The van der Waals surface area contributed by atoms with Crippen LogP contribution in [0.15, 0.2) is 30.5 Å². The highest BCUT2D eigenvalue weighted by molar-refractivity contribution is 6.17. The fraction of sp³-hybridized carbons (Fsp3) is 0.353. The molecular weight excluding hydrogens is 264 g/mol. The van der Waals surface area contributed by atoms with Crippen molar-refractivity contribution in [3.8, 4) is 0 Å². The number of nitrogens with one attached hydrogen (secondary N) is 2. The van der Waals surface area contributed by atoms with Crippen LogP contribution in [0.2, 0.25) is 0 Å². The predicted molar refractivity (Wildman–Crippen MR) is 86.0 cm³/mol. The van der Waals surface area contributed by atoms with Crippen molar-refractivity contribution in [2.75, 3.05) is 13.2 Å². The number of rotatable bonds is 2. The molecule has 1 aliphatic rings. The van der Waals surface area contributed by atoms with Gasteiger partial charge in [0, 0.05) is 23.6 Å². The Bertz CT molecular complexity index is 656. The van der Waals surface area contributed by atoms with Crippen molar-refractivity contribution in [3.63, 3.8) is 0 Å². The smallest absolute Gasteiger partial charge is 0.341 e. The molecule has 1 aromatic heterocycles. The molecule has 0 bridgehead atoms. The van der Waals surface area contributed by atoms with Gasteiger partial charge in [0.25, 0.3) is 0 Å². The van der Waals surface area contributed by atoms with Crippen molar-refractivity contribution in [1.82, 2.24) is 10.3 Å². The van der Waals surface area contributed by atoms with Crippen molar-refractivity contribution in [3.05, 3.63) is 41.7 Å². The van der Waals surface area contributed by atoms with Crippen LogP contribution < -0.4 is 5.32 Å². The fourth-order valence-corrected chi connectivity index (χ4v) is 2.50. The van der Waals surface area contributed by atoms with Gasteiger partial charge in [0.1, 0.15) is 0 Å². The Morgan fingerprint density at radius 3 is 2.81 bits per heavy atom. The van der Waals surface area contributed by atoms with E-state index in [1.807, 2.05) is 39.0 Å². The molecule has 0 radical (unpaired) electrons. The van der Waals surface area contributed by atoms with E-state index >= 15 is 0 Å². The average Bonchev–Trinajstić information content (AvgIpc) is 2.75. The van der Waals surface area contributed by atoms with E-state index in [0.29, 0.717) is 12.2 Å². The molecule has 0 unspecified atom stereocenters. The Kier molecular flexibility index (Phi) is 5.04. The lowest BCUT2D eigenvalue weighted by atomic mass is 10.0. The number of carbonyl (C=O) groups excluding carboxylic acids is 1. The van der Waals surface area contributed by atoms with E-state index in [1.165, 1.54) is 10.9 Å². The maximum Gasteiger partial charge on any atom is 0.341 e. The highest BCUT2D eigenvalue weighted by Crippen LogP contribution is 2.29. The number of H-pyrrole nitrogens is 1. The van der Waals surface area contributed by atoms with Crippen molar-refractivity contribution < 1.29 is 9.53 Å². The number of esters is 1. The number of fused-ring (bicyclic) bond motifs is 3. The summed E-state index contributed by atoms with van der Waals surface area (Å²) in [6, 6.07) is 8.12. The molecular formula is C17H22N2O2. The third-order valence-electron chi connectivity index (χ3n) is 3.34. The molecule has 0 spiro atoms. The minimum absolute atomic E-state index is 0.287. The quantitative estimate of drug-likeness (QED) is 0.833. The van der Waals surface area contributed by atoms with Crippen LogP contribution in [0, 0.1) is 0 Å². The third kappa shape index (κ3) is 2.94. The van der Waals surface area contributed by atoms with Crippen LogP contribution in [0.3, 0.4) is 0 Å². The largest absolute Gasteiger partial charge is 0.462 e. The third-order valence-corrected chi connectivity index (χ3v) is 3.34. The van der Waals surface area contributed by atoms with Gasteiger partial charge < -0.3 is 15.0 Å². The second-order valence-corrected chi connectivity index (χ2v) is 4.51. The van der Waals surface area contributed by atoms with E-state index in [4.69, 9.17) is 4.74 Å². The van der Waals surface area contributed by atoms with Crippen LogP contribution in [-0.4, -0.2) is 24.1 Å². The van der Waals surface area contributed by atoms with Gasteiger partial charge in [0.05, 0.1) is 17.9 Å². The van der Waals surface area contributed by atoms with Crippen molar-refractivity contribution in [2.45, 2.75) is 27.2 Å². The van der Waals surface area contributed by atoms with Gasteiger partial charge in [-0.05, 0) is 25.0 Å². The van der Waals surface area contributed by atoms with Gasteiger partial charge in [-0.3, -0.25) is 0 Å². The highest BCUT2D eigenvalue weighted by atomic mass is 16.5. The SMILES string of the molecule is CC.CCOC(=O)C1=CNCCc2c1[nH]c1ccccc21. The Morgan fingerprint density at radius 2 is 2.05 bits per heavy atom. The summed E-state index contributed by atoms with van der Waals surface area (Å²) in [6.45, 7) is 7.01. The summed E-state index contributed by atoms with van der Waals surface area (Å²) < 4.78 is 5.12. The van der Waals surface area contributed by atoms with E-state index in [1.54, 1.807) is 6.20 Å². The van der Waals surface area contributed by atoms with E-state index < -0.39 is 0 Å². The number of hydrogen-bond acceptors (Lipinski definition) is 3. The van der Waals surface area contributed by atoms with Crippen LogP contribution in [0.25, 0.3) is 16.5 Å². The summed E-state index contributed by atoms with van der Waals surface area (Å²) in [5.74, 6) is -0.287. The Morgan fingerprint density at radius 1 is 1.29 bits per heavy atom. The topological polar surface area (TPSA) is 54.1 Å². The van der Waals surface area contributed by atoms with Gasteiger partial charge >= 0.3 is 5.97 Å². The highest BCUT2D eigenvalue weighted by Gasteiger charge is 2.22. The monoisotopic (exact) mass is 286 g/mol. The fourth-order valence-electron chi connectivity index (χ4n) is 2.50. The molecule has 1 aliphatic heterocycles. The number of para-hydroxylation sites is 1. The minimum Gasteiger partial charge on any atom is -0.462 e. The van der Waals surface area contributed by atoms with Crippen LogP contribution in [0.5, 0.6) is 0 Å². The first-order chi connectivity index (χ1) is 10.3. The number of aromatic nitrogens is 1. The summed E-state index contributed by atoms with van der Waals surface area (Å²) in [6.07, 6.45) is 2.64. The summed E-state index contributed by atoms with van der Waals surface area (Å²) in [7, 11) is 0. The van der Waals surface area contributed by atoms with Crippen LogP contribution in [0.1, 0.15) is 32.0 Å². The zero-order valence-corrected chi connectivity index (χ0v) is 12.8. The zero-order valence-electron chi connectivity index (χ0n) is 12.8. The molecule has 0 saturated heterocycles. The number of aromatic amines is 1. The second kappa shape index (κ2) is 6.97. The molecule has 0 saturated carbocycles. The molecule has 0 fully saturated rings. The number of hydrogen-bond donors (Lipinski definition) is 2. The van der Waals surface area contributed by atoms with Crippen molar-refractivity contribution in [2.24, 2.45) is 0 Å². The van der Waals surface area contributed by atoms with Gasteiger partial charge in [-0.15, -0.1) is 0 Å². The average molecular weight is 286 g/mol. The summed E-state index contributed by atoms with van der Waals surface area (Å²) >= 11 is 0. The lowest BCUT2D eigenvalue weighted by Gasteiger charge is -2.05. The molecule has 2 heterocycles. The molecule has 1 aromatic carbocycles. The summed E-state index contributed by atoms with van der Waals surface area (Å²) in [5.41, 5.74) is 3.69. The number of carbonyl (C=O) groups is 1. The molecule has 4 heteroatoms. The molecule has 4 nitrogen and oxygen atoms in total. The molecule has 0 atom stereocenters. The standard InChI is InChI=1S/C15H16N2O2.C2H6/c1-2-19-15(18)12-9-16-8-7-11-10-5-3-4-6-13(10)17-14(11)12;1-2/h3-6,9,16-17H,2,7-8H2,1H3;1-2H3. The van der Waals surface area contributed by atoms with Gasteiger partial charge in [-0.25, -0.2) is 4.79 Å². The van der Waals surface area contributed by atoms with Crippen molar-refractivity contribution in [1.29, 1.82) is 0 Å². The zero-order chi connectivity index (χ0) is 15.2. The first-order valence-corrected chi connectivity index (χ1v) is 7.52. The van der Waals surface area contributed by atoms with E-state index in [9.17, 15) is 4.79 Å². The van der Waals surface area contributed by atoms with Crippen LogP contribution in [-0.2, 0) is 16.0 Å². The normalized spacial score (nSPS) is 13.2. The molecule has 0 amide bonds. The van der Waals surface area contributed by atoms with E-state index in [2.05, 4.69) is 16.4 Å². The first kappa shape index (κ1) is 15.2. The summed E-state index contributed by atoms with van der Waals surface area (Å²) in [4.78, 5) is 15.4. The van der Waals surface area contributed by atoms with Gasteiger partial charge in [-0.2, -0.15) is 0 Å². The lowest BCUT2D eigenvalue weighted by molar-refractivity contribution is -0.136.